The number of pyridine rings is 1. The Hall–Kier alpha value is -3.49. The first-order valence-electron chi connectivity index (χ1n) is 10.7. The van der Waals surface area contributed by atoms with Crippen LogP contribution < -0.4 is 10.2 Å². The van der Waals surface area contributed by atoms with E-state index in [1.807, 2.05) is 24.3 Å². The fourth-order valence-electron chi connectivity index (χ4n) is 4.39. The van der Waals surface area contributed by atoms with Crippen LogP contribution in [0.2, 0.25) is 0 Å². The molecule has 0 unspecified atom stereocenters. The number of amides is 2. The van der Waals surface area contributed by atoms with Crippen molar-refractivity contribution in [1.82, 2.24) is 20.2 Å². The molecule has 160 valence electrons. The lowest BCUT2D eigenvalue weighted by molar-refractivity contribution is -0.128. The average molecular weight is 420 g/mol. The molecule has 2 fully saturated rings. The first-order chi connectivity index (χ1) is 15.2. The Kier molecular flexibility index (Phi) is 5.23. The van der Waals surface area contributed by atoms with Gasteiger partial charge in [-0.25, -0.2) is 4.63 Å². The Balaban J connectivity index is 1.29. The molecule has 3 aromatic rings. The maximum atomic E-state index is 12.9. The Bertz CT molecular complexity index is 1090. The summed E-state index contributed by atoms with van der Waals surface area (Å²) < 4.78 is 5.00. The monoisotopic (exact) mass is 420 g/mol. The number of nitrogens with zero attached hydrogens (tertiary/aromatic N) is 5. The highest BCUT2D eigenvalue weighted by atomic mass is 16.6. The summed E-state index contributed by atoms with van der Waals surface area (Å²) in [6.45, 7) is 2.82. The molecule has 2 saturated heterocycles. The van der Waals surface area contributed by atoms with Gasteiger partial charge in [0.2, 0.25) is 11.8 Å². The first-order valence-corrected chi connectivity index (χ1v) is 10.7. The zero-order valence-corrected chi connectivity index (χ0v) is 17.2. The van der Waals surface area contributed by atoms with Gasteiger partial charge < -0.3 is 15.1 Å². The minimum Gasteiger partial charge on any atom is -0.370 e. The highest BCUT2D eigenvalue weighted by Gasteiger charge is 2.34. The van der Waals surface area contributed by atoms with Crippen molar-refractivity contribution in [3.63, 3.8) is 0 Å². The largest absolute Gasteiger partial charge is 0.370 e. The summed E-state index contributed by atoms with van der Waals surface area (Å²) in [5.41, 5.74) is 3.72. The Morgan fingerprint density at radius 3 is 2.65 bits per heavy atom. The molecular weight excluding hydrogens is 396 g/mol. The van der Waals surface area contributed by atoms with E-state index in [-0.39, 0.29) is 18.2 Å². The third-order valence-corrected chi connectivity index (χ3v) is 6.06. The van der Waals surface area contributed by atoms with E-state index in [9.17, 15) is 9.59 Å². The maximum absolute atomic E-state index is 12.9. The van der Waals surface area contributed by atoms with Crippen molar-refractivity contribution in [1.29, 1.82) is 0 Å². The van der Waals surface area contributed by atoms with E-state index in [1.165, 1.54) is 6.42 Å². The number of carbonyl (C=O) groups excluding carboxylic acids is 2. The number of nitrogens with one attached hydrogen (secondary N) is 1. The van der Waals surface area contributed by atoms with Crippen molar-refractivity contribution >= 4 is 34.2 Å². The quantitative estimate of drug-likeness (QED) is 0.676. The molecule has 31 heavy (non-hydrogen) atoms. The summed E-state index contributed by atoms with van der Waals surface area (Å²) in [4.78, 5) is 33.3. The van der Waals surface area contributed by atoms with E-state index in [0.29, 0.717) is 29.8 Å². The van der Waals surface area contributed by atoms with Crippen molar-refractivity contribution in [3.8, 4) is 0 Å². The molecule has 0 aliphatic carbocycles. The van der Waals surface area contributed by atoms with Crippen LogP contribution in [0.1, 0.15) is 31.2 Å². The summed E-state index contributed by atoms with van der Waals surface area (Å²) in [5, 5.41) is 11.1. The number of piperidine rings is 1. The van der Waals surface area contributed by atoms with Crippen molar-refractivity contribution in [2.45, 2.75) is 32.2 Å². The van der Waals surface area contributed by atoms with Crippen molar-refractivity contribution in [2.75, 3.05) is 29.9 Å². The standard InChI is InChI=1S/C22H24N6O3/c29-19-12-16(14-28(19)13-15-6-8-23-9-7-15)22(30)24-17-4-5-18(21-20(17)25-31-26-21)27-10-2-1-3-11-27/h4-9,16H,1-3,10-14H2,(H,24,30)/t16-/m1/s1. The number of anilines is 2. The first kappa shape index (κ1) is 19.5. The summed E-state index contributed by atoms with van der Waals surface area (Å²) in [7, 11) is 0. The van der Waals surface area contributed by atoms with Crippen LogP contribution in [0, 0.1) is 5.92 Å². The van der Waals surface area contributed by atoms with Gasteiger partial charge in [0.1, 0.15) is 0 Å². The van der Waals surface area contributed by atoms with Gasteiger partial charge in [-0.1, -0.05) is 0 Å². The Labute approximate surface area is 179 Å². The van der Waals surface area contributed by atoms with Crippen LogP contribution in [-0.4, -0.2) is 51.6 Å². The second-order valence-corrected chi connectivity index (χ2v) is 8.16. The smallest absolute Gasteiger partial charge is 0.229 e. The van der Waals surface area contributed by atoms with E-state index < -0.39 is 5.92 Å². The van der Waals surface area contributed by atoms with Gasteiger partial charge in [0.05, 0.1) is 17.3 Å². The number of likely N-dealkylation sites (tertiary alicyclic amines) is 1. The number of benzene rings is 1. The molecule has 1 N–H and O–H groups in total. The Morgan fingerprint density at radius 2 is 1.84 bits per heavy atom. The zero-order valence-electron chi connectivity index (χ0n) is 17.2. The van der Waals surface area contributed by atoms with Gasteiger partial charge >= 0.3 is 0 Å². The van der Waals surface area contributed by atoms with Crippen molar-refractivity contribution in [2.24, 2.45) is 5.92 Å². The molecule has 1 atom stereocenters. The van der Waals surface area contributed by atoms with Crippen molar-refractivity contribution < 1.29 is 14.2 Å². The van der Waals surface area contributed by atoms with E-state index in [2.05, 4.69) is 25.5 Å². The molecule has 5 rings (SSSR count). The number of hydrogen-bond acceptors (Lipinski definition) is 7. The molecule has 0 saturated carbocycles. The van der Waals surface area contributed by atoms with E-state index in [1.54, 1.807) is 17.3 Å². The molecule has 0 spiro atoms. The lowest BCUT2D eigenvalue weighted by atomic mass is 10.1. The lowest BCUT2D eigenvalue weighted by Crippen LogP contribution is -2.30. The van der Waals surface area contributed by atoms with E-state index in [4.69, 9.17) is 4.63 Å². The van der Waals surface area contributed by atoms with Gasteiger partial charge in [-0.3, -0.25) is 14.6 Å². The number of rotatable bonds is 5. The van der Waals surface area contributed by atoms with Gasteiger partial charge in [-0.05, 0) is 59.4 Å². The Morgan fingerprint density at radius 1 is 1.06 bits per heavy atom. The molecule has 2 amide bonds. The summed E-state index contributed by atoms with van der Waals surface area (Å²) in [5.74, 6) is -0.628. The van der Waals surface area contributed by atoms with Crippen LogP contribution in [0.4, 0.5) is 11.4 Å². The molecular formula is C22H24N6O3. The maximum Gasteiger partial charge on any atom is 0.229 e. The topological polar surface area (TPSA) is 104 Å². The predicted octanol–water partition coefficient (Wildman–Crippen LogP) is 2.60. The predicted molar refractivity (Wildman–Crippen MR) is 114 cm³/mol. The molecule has 9 nitrogen and oxygen atoms in total. The number of fused-ring (bicyclic) bond motifs is 1. The van der Waals surface area contributed by atoms with Gasteiger partial charge in [0, 0.05) is 45.0 Å². The van der Waals surface area contributed by atoms with Crippen LogP contribution in [0.15, 0.2) is 41.3 Å². The van der Waals surface area contributed by atoms with Crippen LogP contribution in [0.5, 0.6) is 0 Å². The molecule has 9 heteroatoms. The highest BCUT2D eigenvalue weighted by Crippen LogP contribution is 2.32. The molecule has 2 aliphatic heterocycles. The van der Waals surface area contributed by atoms with Crippen LogP contribution in [0.25, 0.3) is 11.0 Å². The fraction of sp³-hybridized carbons (Fsp3) is 0.409. The minimum atomic E-state index is -0.411. The summed E-state index contributed by atoms with van der Waals surface area (Å²) >= 11 is 0. The van der Waals surface area contributed by atoms with Gasteiger partial charge in [-0.2, -0.15) is 0 Å². The lowest BCUT2D eigenvalue weighted by Gasteiger charge is -2.28. The molecule has 2 aliphatic rings. The highest BCUT2D eigenvalue weighted by molar-refractivity contribution is 6.04. The summed E-state index contributed by atoms with van der Waals surface area (Å²) in [6.07, 6.45) is 7.13. The van der Waals surface area contributed by atoms with Crippen LogP contribution in [-0.2, 0) is 16.1 Å². The molecule has 0 radical (unpaired) electrons. The third kappa shape index (κ3) is 3.95. The number of hydrogen-bond donors (Lipinski definition) is 1. The van der Waals surface area contributed by atoms with Crippen molar-refractivity contribution in [3.05, 3.63) is 42.2 Å². The molecule has 2 aromatic heterocycles. The zero-order chi connectivity index (χ0) is 21.2. The second kappa shape index (κ2) is 8.33. The van der Waals surface area contributed by atoms with Gasteiger partial charge in [0.25, 0.3) is 0 Å². The average Bonchev–Trinajstić information content (AvgIpc) is 3.43. The fourth-order valence-corrected chi connectivity index (χ4v) is 4.39. The normalized spacial score (nSPS) is 19.2. The van der Waals surface area contributed by atoms with Crippen LogP contribution >= 0.6 is 0 Å². The third-order valence-electron chi connectivity index (χ3n) is 6.06. The minimum absolute atomic E-state index is 0.0225. The van der Waals surface area contributed by atoms with E-state index in [0.717, 1.165) is 37.2 Å². The molecule has 4 heterocycles. The molecule has 1 aromatic carbocycles. The van der Waals surface area contributed by atoms with E-state index >= 15 is 0 Å². The summed E-state index contributed by atoms with van der Waals surface area (Å²) in [6, 6.07) is 7.56. The van der Waals surface area contributed by atoms with Gasteiger partial charge in [0.15, 0.2) is 11.0 Å². The number of aromatic nitrogens is 3. The SMILES string of the molecule is O=C(Nc1ccc(N2CCCCC2)c2nonc12)[C@@H]1CC(=O)N(Cc2ccncc2)C1. The second-order valence-electron chi connectivity index (χ2n) is 8.16. The molecule has 0 bridgehead atoms. The van der Waals surface area contributed by atoms with Crippen LogP contribution in [0.3, 0.4) is 0 Å². The van der Waals surface area contributed by atoms with Gasteiger partial charge in [-0.15, -0.1) is 0 Å². The number of carbonyl (C=O) groups is 2.